The van der Waals surface area contributed by atoms with E-state index >= 15 is 0 Å². The van der Waals surface area contributed by atoms with E-state index in [2.05, 4.69) is 0 Å². The van der Waals surface area contributed by atoms with Gasteiger partial charge in [0.25, 0.3) is 0 Å². The molecule has 3 aromatic carbocycles. The maximum absolute atomic E-state index is 13.2. The van der Waals surface area contributed by atoms with E-state index in [4.69, 9.17) is 16.3 Å². The average molecular weight is 432 g/mol. The lowest BCUT2D eigenvalue weighted by Gasteiger charge is -2.23. The van der Waals surface area contributed by atoms with Gasteiger partial charge in [-0.1, -0.05) is 41.9 Å². The van der Waals surface area contributed by atoms with Crippen LogP contribution in [-0.4, -0.2) is 25.0 Å². The summed E-state index contributed by atoms with van der Waals surface area (Å²) in [6.07, 6.45) is 0. The summed E-state index contributed by atoms with van der Waals surface area (Å²) >= 11 is 7.70. The summed E-state index contributed by atoms with van der Waals surface area (Å²) in [5.41, 5.74) is 0.891. The van der Waals surface area contributed by atoms with Crippen LogP contribution in [0.2, 0.25) is 5.02 Å². The van der Waals surface area contributed by atoms with Crippen molar-refractivity contribution in [3.63, 3.8) is 0 Å². The molecule has 0 bridgehead atoms. The van der Waals surface area contributed by atoms with Crippen LogP contribution in [0.25, 0.3) is 0 Å². The van der Waals surface area contributed by atoms with Crippen LogP contribution >= 0.6 is 23.4 Å². The fraction of sp³-hybridized carbons (Fsp3) is 0.143. The Morgan fingerprint density at radius 3 is 2.36 bits per heavy atom. The molecule has 3 aromatic rings. The van der Waals surface area contributed by atoms with Crippen molar-refractivity contribution < 1.29 is 13.2 Å². The normalized spacial score (nSPS) is 17.5. The van der Waals surface area contributed by atoms with Crippen molar-refractivity contribution in [3.05, 3.63) is 89.4 Å². The second-order valence-electron chi connectivity index (χ2n) is 6.28. The van der Waals surface area contributed by atoms with Gasteiger partial charge in [0, 0.05) is 17.3 Å². The van der Waals surface area contributed by atoms with E-state index in [9.17, 15) is 8.42 Å². The van der Waals surface area contributed by atoms with Gasteiger partial charge in [-0.25, -0.2) is 8.42 Å². The zero-order chi connectivity index (χ0) is 19.6. The molecule has 7 heteroatoms. The molecular weight excluding hydrogens is 414 g/mol. The maximum Gasteiger partial charge on any atom is 0.244 e. The van der Waals surface area contributed by atoms with Crippen LogP contribution in [0, 0.1) is 0 Å². The van der Waals surface area contributed by atoms with Gasteiger partial charge < -0.3 is 4.74 Å². The predicted octanol–water partition coefficient (Wildman–Crippen LogP) is 5.57. The third-order valence-corrected chi connectivity index (χ3v) is 7.90. The summed E-state index contributed by atoms with van der Waals surface area (Å²) in [4.78, 5) is 0.252. The quantitative estimate of drug-likeness (QED) is 0.530. The molecule has 0 radical (unpaired) electrons. The lowest BCUT2D eigenvalue weighted by molar-refractivity contribution is 0.434. The highest BCUT2D eigenvalue weighted by atomic mass is 35.5. The number of benzene rings is 3. The Hall–Kier alpha value is -1.99. The molecule has 0 aliphatic carbocycles. The molecule has 1 saturated heterocycles. The van der Waals surface area contributed by atoms with Crippen molar-refractivity contribution in [1.82, 2.24) is 4.31 Å². The van der Waals surface area contributed by atoms with Gasteiger partial charge in [0.05, 0.1) is 10.3 Å². The first-order valence-electron chi connectivity index (χ1n) is 8.76. The Morgan fingerprint density at radius 1 is 0.929 bits per heavy atom. The standard InChI is InChI=1S/C21H18ClNO3S2/c22-17-6-4-5-16(15-17)21-23(13-14-27-21)28(24,25)20-11-9-19(10-12-20)26-18-7-2-1-3-8-18/h1-12,15,21H,13-14H2. The zero-order valence-electron chi connectivity index (χ0n) is 14.9. The fourth-order valence-electron chi connectivity index (χ4n) is 3.06. The van der Waals surface area contributed by atoms with Crippen LogP contribution in [0.3, 0.4) is 0 Å². The van der Waals surface area contributed by atoms with Crippen LogP contribution in [-0.2, 0) is 10.0 Å². The van der Waals surface area contributed by atoms with Crippen LogP contribution in [0.1, 0.15) is 10.9 Å². The van der Waals surface area contributed by atoms with Crippen LogP contribution < -0.4 is 4.74 Å². The minimum absolute atomic E-state index is 0.252. The third-order valence-electron chi connectivity index (χ3n) is 4.39. The van der Waals surface area contributed by atoms with Crippen molar-refractivity contribution in [1.29, 1.82) is 0 Å². The van der Waals surface area contributed by atoms with E-state index in [1.807, 2.05) is 48.5 Å². The lowest BCUT2D eigenvalue weighted by atomic mass is 10.2. The van der Waals surface area contributed by atoms with E-state index in [1.165, 1.54) is 4.31 Å². The van der Waals surface area contributed by atoms with Gasteiger partial charge >= 0.3 is 0 Å². The summed E-state index contributed by atoms with van der Waals surface area (Å²) in [7, 11) is -3.62. The lowest BCUT2D eigenvalue weighted by Crippen LogP contribution is -2.30. The smallest absolute Gasteiger partial charge is 0.244 e. The van der Waals surface area contributed by atoms with Gasteiger partial charge in [0.15, 0.2) is 0 Å². The molecule has 0 saturated carbocycles. The number of nitrogens with zero attached hydrogens (tertiary/aromatic N) is 1. The number of thioether (sulfide) groups is 1. The van der Waals surface area contributed by atoms with Crippen LogP contribution in [0.4, 0.5) is 0 Å². The summed E-state index contributed by atoms with van der Waals surface area (Å²) in [5.74, 6) is 2.04. The number of hydrogen-bond donors (Lipinski definition) is 0. The van der Waals surface area contributed by atoms with Crippen molar-refractivity contribution in [3.8, 4) is 11.5 Å². The van der Waals surface area contributed by atoms with E-state index in [1.54, 1.807) is 42.1 Å². The molecule has 1 aliphatic heterocycles. The molecule has 1 unspecified atom stereocenters. The molecule has 4 rings (SSSR count). The molecule has 144 valence electrons. The Kier molecular flexibility index (Phi) is 5.64. The van der Waals surface area contributed by atoms with Gasteiger partial charge in [-0.05, 0) is 54.1 Å². The Morgan fingerprint density at radius 2 is 1.64 bits per heavy atom. The first-order valence-corrected chi connectivity index (χ1v) is 11.6. The molecule has 0 amide bonds. The summed E-state index contributed by atoms with van der Waals surface area (Å²) < 4.78 is 33.7. The third kappa shape index (κ3) is 4.05. The van der Waals surface area contributed by atoms with Gasteiger partial charge in [-0.2, -0.15) is 4.31 Å². The largest absolute Gasteiger partial charge is 0.457 e. The summed E-state index contributed by atoms with van der Waals surface area (Å²) in [6.45, 7) is 0.465. The summed E-state index contributed by atoms with van der Waals surface area (Å²) in [6, 6.07) is 23.3. The second-order valence-corrected chi connectivity index (χ2v) is 9.80. The average Bonchev–Trinajstić information content (AvgIpc) is 3.20. The van der Waals surface area contributed by atoms with Crippen molar-refractivity contribution >= 4 is 33.4 Å². The highest BCUT2D eigenvalue weighted by Crippen LogP contribution is 2.42. The number of rotatable bonds is 5. The molecule has 1 fully saturated rings. The Balaban J connectivity index is 1.57. The van der Waals surface area contributed by atoms with Gasteiger partial charge in [-0.15, -0.1) is 11.8 Å². The molecule has 0 aromatic heterocycles. The zero-order valence-corrected chi connectivity index (χ0v) is 17.3. The molecule has 0 spiro atoms. The molecule has 1 heterocycles. The molecule has 28 heavy (non-hydrogen) atoms. The topological polar surface area (TPSA) is 46.6 Å². The SMILES string of the molecule is O=S(=O)(c1ccc(Oc2ccccc2)cc1)N1CCSC1c1cccc(Cl)c1. The molecule has 0 N–H and O–H groups in total. The minimum Gasteiger partial charge on any atom is -0.457 e. The predicted molar refractivity (Wildman–Crippen MR) is 114 cm³/mol. The Bertz CT molecular complexity index is 1060. The molecule has 1 atom stereocenters. The molecular formula is C21H18ClNO3S2. The highest BCUT2D eigenvalue weighted by molar-refractivity contribution is 8.01. The van der Waals surface area contributed by atoms with Crippen molar-refractivity contribution in [2.45, 2.75) is 10.3 Å². The number of hydrogen-bond acceptors (Lipinski definition) is 4. The van der Waals surface area contributed by atoms with Gasteiger partial charge in [0.1, 0.15) is 11.5 Å². The first-order chi connectivity index (χ1) is 13.5. The number of para-hydroxylation sites is 1. The monoisotopic (exact) mass is 431 g/mol. The van der Waals surface area contributed by atoms with E-state index in [-0.39, 0.29) is 10.3 Å². The fourth-order valence-corrected chi connectivity index (χ4v) is 6.49. The number of ether oxygens (including phenoxy) is 1. The van der Waals surface area contributed by atoms with Gasteiger partial charge in [-0.3, -0.25) is 0 Å². The maximum atomic E-state index is 13.2. The molecule has 1 aliphatic rings. The second kappa shape index (κ2) is 8.17. The number of halogens is 1. The van der Waals surface area contributed by atoms with Gasteiger partial charge in [0.2, 0.25) is 10.0 Å². The number of sulfonamides is 1. The summed E-state index contributed by atoms with van der Waals surface area (Å²) in [5, 5.41) is 0.328. The van der Waals surface area contributed by atoms with Crippen LogP contribution in [0.5, 0.6) is 11.5 Å². The minimum atomic E-state index is -3.62. The van der Waals surface area contributed by atoms with E-state index in [0.717, 1.165) is 11.3 Å². The van der Waals surface area contributed by atoms with E-state index < -0.39 is 10.0 Å². The first kappa shape index (κ1) is 19.3. The molecule has 4 nitrogen and oxygen atoms in total. The highest BCUT2D eigenvalue weighted by Gasteiger charge is 2.36. The van der Waals surface area contributed by atoms with E-state index in [0.29, 0.717) is 23.1 Å². The van der Waals surface area contributed by atoms with Crippen molar-refractivity contribution in [2.75, 3.05) is 12.3 Å². The van der Waals surface area contributed by atoms with Crippen molar-refractivity contribution in [2.24, 2.45) is 0 Å². The van der Waals surface area contributed by atoms with Crippen LogP contribution in [0.15, 0.2) is 83.8 Å². The Labute approximate surface area is 174 Å².